The molecule has 1 aromatic carbocycles. The lowest BCUT2D eigenvalue weighted by molar-refractivity contribution is 0.178. The van der Waals surface area contributed by atoms with Crippen LogP contribution in [0.5, 0.6) is 0 Å². The van der Waals surface area contributed by atoms with Gasteiger partial charge in [0.1, 0.15) is 0 Å². The Morgan fingerprint density at radius 2 is 1.73 bits per heavy atom. The molecule has 0 unspecified atom stereocenters. The van der Waals surface area contributed by atoms with E-state index < -0.39 is 0 Å². The number of benzene rings is 1. The van der Waals surface area contributed by atoms with E-state index in [2.05, 4.69) is 43.2 Å². The maximum atomic E-state index is 5.99. The average molecular weight is 362 g/mol. The monoisotopic (exact) mass is 361 g/mol. The molecule has 0 aliphatic heterocycles. The molecule has 6 heteroatoms. The Bertz CT molecular complexity index is 484. The van der Waals surface area contributed by atoms with E-state index in [1.807, 2.05) is 12.1 Å². The van der Waals surface area contributed by atoms with Crippen LogP contribution in [0.4, 0.5) is 0 Å². The lowest BCUT2D eigenvalue weighted by Crippen LogP contribution is -2.44. The van der Waals surface area contributed by atoms with Crippen LogP contribution < -0.4 is 10.6 Å². The van der Waals surface area contributed by atoms with E-state index in [0.717, 1.165) is 18.7 Å². The van der Waals surface area contributed by atoms with Crippen LogP contribution in [0.25, 0.3) is 0 Å². The summed E-state index contributed by atoms with van der Waals surface area (Å²) in [6.45, 7) is 11.2. The number of thiocarbonyl (C=S) groups is 1. The highest BCUT2D eigenvalue weighted by Gasteiger charge is 2.12. The van der Waals surface area contributed by atoms with Gasteiger partial charge in [0, 0.05) is 31.7 Å². The molecule has 1 aromatic rings. The summed E-state index contributed by atoms with van der Waals surface area (Å²) in [5, 5.41) is 8.19. The molecule has 0 aliphatic rings. The molecule has 0 aromatic heterocycles. The van der Waals surface area contributed by atoms with E-state index in [0.29, 0.717) is 33.8 Å². The highest BCUT2D eigenvalue weighted by molar-refractivity contribution is 7.80. The number of halogens is 2. The predicted octanol–water partition coefficient (Wildman–Crippen LogP) is 4.08. The first-order valence-electron chi connectivity index (χ1n) is 7.52. The van der Waals surface area contributed by atoms with E-state index in [9.17, 15) is 0 Å². The molecule has 0 radical (unpaired) electrons. The summed E-state index contributed by atoms with van der Waals surface area (Å²) in [6, 6.07) is 6.63. The third kappa shape index (κ3) is 6.69. The molecule has 0 aliphatic carbocycles. The van der Waals surface area contributed by atoms with Gasteiger partial charge in [0.05, 0.1) is 10.0 Å². The van der Waals surface area contributed by atoms with Crippen LogP contribution in [-0.4, -0.2) is 35.2 Å². The van der Waals surface area contributed by atoms with E-state index >= 15 is 0 Å². The van der Waals surface area contributed by atoms with Crippen molar-refractivity contribution < 1.29 is 0 Å². The van der Waals surface area contributed by atoms with Gasteiger partial charge in [-0.15, -0.1) is 0 Å². The summed E-state index contributed by atoms with van der Waals surface area (Å²) in [6.07, 6.45) is 0. The predicted molar refractivity (Wildman–Crippen MR) is 101 cm³/mol. The summed E-state index contributed by atoms with van der Waals surface area (Å²) in [4.78, 5) is 2.43. The van der Waals surface area contributed by atoms with E-state index in [1.165, 1.54) is 0 Å². The minimum Gasteiger partial charge on any atom is -0.361 e. The van der Waals surface area contributed by atoms with Crippen molar-refractivity contribution in [3.05, 3.63) is 33.8 Å². The molecule has 1 rings (SSSR count). The van der Waals surface area contributed by atoms with Crippen molar-refractivity contribution in [1.29, 1.82) is 0 Å². The van der Waals surface area contributed by atoms with Gasteiger partial charge in [-0.1, -0.05) is 29.3 Å². The standard InChI is InChI=1S/C16H25Cl2N3S/c1-11(2)21(12(3)4)8-7-19-16(22)20-10-13-5-6-14(17)15(18)9-13/h5-6,9,11-12H,7-8,10H2,1-4H3,(H2,19,20,22). The Hall–Kier alpha value is -0.550. The smallest absolute Gasteiger partial charge is 0.166 e. The van der Waals surface area contributed by atoms with E-state index in [1.54, 1.807) is 6.07 Å². The quantitative estimate of drug-likeness (QED) is 0.715. The summed E-state index contributed by atoms with van der Waals surface area (Å²) in [5.74, 6) is 0. The fraction of sp³-hybridized carbons (Fsp3) is 0.562. The number of nitrogens with one attached hydrogen (secondary N) is 2. The summed E-state index contributed by atoms with van der Waals surface area (Å²) in [5.41, 5.74) is 1.05. The van der Waals surface area contributed by atoms with Crippen molar-refractivity contribution in [3.63, 3.8) is 0 Å². The fourth-order valence-electron chi connectivity index (χ4n) is 2.31. The van der Waals surface area contributed by atoms with Crippen LogP contribution in [0.15, 0.2) is 18.2 Å². The van der Waals surface area contributed by atoms with Gasteiger partial charge in [0.25, 0.3) is 0 Å². The first kappa shape index (κ1) is 19.5. The molecule has 3 nitrogen and oxygen atoms in total. The second-order valence-electron chi connectivity index (χ2n) is 5.78. The average Bonchev–Trinajstić information content (AvgIpc) is 2.44. The lowest BCUT2D eigenvalue weighted by atomic mass is 10.2. The molecule has 0 fully saturated rings. The maximum absolute atomic E-state index is 5.99. The summed E-state index contributed by atoms with van der Waals surface area (Å²) < 4.78 is 0. The Morgan fingerprint density at radius 3 is 2.27 bits per heavy atom. The molecule has 2 N–H and O–H groups in total. The number of hydrogen-bond donors (Lipinski definition) is 2. The van der Waals surface area contributed by atoms with Crippen molar-refractivity contribution in [2.75, 3.05) is 13.1 Å². The van der Waals surface area contributed by atoms with E-state index in [4.69, 9.17) is 35.4 Å². The van der Waals surface area contributed by atoms with Gasteiger partial charge < -0.3 is 10.6 Å². The molecule has 0 spiro atoms. The normalized spacial score (nSPS) is 11.3. The Labute approximate surface area is 149 Å². The molecule has 0 amide bonds. The van der Waals surface area contributed by atoms with E-state index in [-0.39, 0.29) is 0 Å². The minimum atomic E-state index is 0.527. The second-order valence-corrected chi connectivity index (χ2v) is 7.01. The first-order valence-corrected chi connectivity index (χ1v) is 8.69. The van der Waals surface area contributed by atoms with Crippen LogP contribution in [0.3, 0.4) is 0 Å². The van der Waals surface area contributed by atoms with Crippen molar-refractivity contribution in [1.82, 2.24) is 15.5 Å². The largest absolute Gasteiger partial charge is 0.361 e. The Balaban J connectivity index is 2.33. The zero-order valence-corrected chi connectivity index (χ0v) is 15.9. The number of nitrogens with zero attached hydrogens (tertiary/aromatic N) is 1. The fourth-order valence-corrected chi connectivity index (χ4v) is 2.80. The SMILES string of the molecule is CC(C)N(CCNC(=S)NCc1ccc(Cl)c(Cl)c1)C(C)C. The summed E-state index contributed by atoms with van der Waals surface area (Å²) >= 11 is 17.2. The summed E-state index contributed by atoms with van der Waals surface area (Å²) in [7, 11) is 0. The zero-order valence-electron chi connectivity index (χ0n) is 13.6. The molecule has 124 valence electrons. The number of rotatable bonds is 7. The maximum Gasteiger partial charge on any atom is 0.166 e. The van der Waals surface area contributed by atoms with Gasteiger partial charge in [-0.3, -0.25) is 4.90 Å². The Morgan fingerprint density at radius 1 is 1.09 bits per heavy atom. The molecule has 0 heterocycles. The van der Waals surface area contributed by atoms with Crippen LogP contribution in [0.1, 0.15) is 33.3 Å². The van der Waals surface area contributed by atoms with Crippen LogP contribution >= 0.6 is 35.4 Å². The van der Waals surface area contributed by atoms with Gasteiger partial charge >= 0.3 is 0 Å². The molecule has 0 atom stereocenters. The molecule has 0 saturated heterocycles. The van der Waals surface area contributed by atoms with Gasteiger partial charge in [0.15, 0.2) is 5.11 Å². The highest BCUT2D eigenvalue weighted by atomic mass is 35.5. The van der Waals surface area contributed by atoms with Crippen LogP contribution in [0.2, 0.25) is 10.0 Å². The van der Waals surface area contributed by atoms with Crippen molar-refractivity contribution in [2.24, 2.45) is 0 Å². The lowest BCUT2D eigenvalue weighted by Gasteiger charge is -2.30. The third-order valence-electron chi connectivity index (χ3n) is 3.42. The minimum absolute atomic E-state index is 0.527. The van der Waals surface area contributed by atoms with Crippen molar-refractivity contribution in [3.8, 4) is 0 Å². The van der Waals surface area contributed by atoms with Gasteiger partial charge in [-0.05, 0) is 57.6 Å². The van der Waals surface area contributed by atoms with Crippen molar-refractivity contribution in [2.45, 2.75) is 46.3 Å². The van der Waals surface area contributed by atoms with Crippen molar-refractivity contribution >= 4 is 40.5 Å². The molecule has 22 heavy (non-hydrogen) atoms. The zero-order chi connectivity index (χ0) is 16.7. The molecule has 0 saturated carbocycles. The van der Waals surface area contributed by atoms with Crippen LogP contribution in [-0.2, 0) is 6.54 Å². The second kappa shape index (κ2) is 9.56. The molecular weight excluding hydrogens is 337 g/mol. The van der Waals surface area contributed by atoms with Gasteiger partial charge in [-0.25, -0.2) is 0 Å². The van der Waals surface area contributed by atoms with Crippen LogP contribution in [0, 0.1) is 0 Å². The molecular formula is C16H25Cl2N3S. The molecule has 0 bridgehead atoms. The topological polar surface area (TPSA) is 27.3 Å². The number of hydrogen-bond acceptors (Lipinski definition) is 2. The van der Waals surface area contributed by atoms with Gasteiger partial charge in [-0.2, -0.15) is 0 Å². The third-order valence-corrected chi connectivity index (χ3v) is 4.45. The Kier molecular flexibility index (Phi) is 8.47. The highest BCUT2D eigenvalue weighted by Crippen LogP contribution is 2.22. The first-order chi connectivity index (χ1) is 10.3. The van der Waals surface area contributed by atoms with Gasteiger partial charge in [0.2, 0.25) is 0 Å².